The maximum atomic E-state index is 12.1. The van der Waals surface area contributed by atoms with Crippen LogP contribution >= 0.6 is 35.6 Å². The Bertz CT molecular complexity index is 590. The zero-order valence-electron chi connectivity index (χ0n) is 13.3. The van der Waals surface area contributed by atoms with Crippen molar-refractivity contribution in [3.8, 4) is 0 Å². The lowest BCUT2D eigenvalue weighted by Crippen LogP contribution is -2.43. The van der Waals surface area contributed by atoms with E-state index in [1.54, 1.807) is 12.1 Å². The molecular formula is C16H21Cl3N2O3. The van der Waals surface area contributed by atoms with Crippen LogP contribution in [0.4, 0.5) is 0 Å². The predicted molar refractivity (Wildman–Crippen MR) is 97.1 cm³/mol. The third kappa shape index (κ3) is 5.81. The van der Waals surface area contributed by atoms with Gasteiger partial charge in [0, 0.05) is 0 Å². The number of halogens is 3. The van der Waals surface area contributed by atoms with Gasteiger partial charge in [-0.25, -0.2) is 0 Å². The number of piperidine rings is 1. The van der Waals surface area contributed by atoms with Crippen LogP contribution in [0.1, 0.15) is 31.4 Å². The predicted octanol–water partition coefficient (Wildman–Crippen LogP) is 3.39. The van der Waals surface area contributed by atoms with Gasteiger partial charge < -0.3 is 10.4 Å². The first-order valence-corrected chi connectivity index (χ1v) is 8.32. The molecule has 1 atom stereocenters. The fourth-order valence-corrected chi connectivity index (χ4v) is 3.00. The van der Waals surface area contributed by atoms with E-state index >= 15 is 0 Å². The summed E-state index contributed by atoms with van der Waals surface area (Å²) in [6, 6.07) is 5.11. The lowest BCUT2D eigenvalue weighted by molar-refractivity contribution is -0.143. The zero-order chi connectivity index (χ0) is 17.0. The van der Waals surface area contributed by atoms with Gasteiger partial charge in [0.25, 0.3) is 0 Å². The van der Waals surface area contributed by atoms with Crippen LogP contribution in [0.2, 0.25) is 10.0 Å². The molecule has 1 aliphatic rings. The molecule has 1 aromatic carbocycles. The Labute approximate surface area is 157 Å². The minimum absolute atomic E-state index is 0. The summed E-state index contributed by atoms with van der Waals surface area (Å²) >= 11 is 11.9. The molecule has 2 rings (SSSR count). The number of hydrogen-bond donors (Lipinski definition) is 2. The number of likely N-dealkylation sites (tertiary alicyclic amines) is 1. The number of carboxylic acids is 1. The van der Waals surface area contributed by atoms with E-state index < -0.39 is 5.97 Å². The second kappa shape index (κ2) is 9.47. The molecule has 8 heteroatoms. The molecule has 2 N–H and O–H groups in total. The molecule has 0 aromatic heterocycles. The maximum absolute atomic E-state index is 12.1. The lowest BCUT2D eigenvalue weighted by Gasteiger charge is -2.29. The largest absolute Gasteiger partial charge is 0.481 e. The molecule has 1 saturated heterocycles. The lowest BCUT2D eigenvalue weighted by atomic mass is 9.97. The molecule has 5 nitrogen and oxygen atoms in total. The van der Waals surface area contributed by atoms with E-state index in [0.29, 0.717) is 36.0 Å². The van der Waals surface area contributed by atoms with Crippen LogP contribution in [0.3, 0.4) is 0 Å². The van der Waals surface area contributed by atoms with Crippen molar-refractivity contribution >= 4 is 47.5 Å². The number of aliphatic carboxylic acids is 1. The molecular weight excluding hydrogens is 375 g/mol. The van der Waals surface area contributed by atoms with Crippen LogP contribution in [0, 0.1) is 5.92 Å². The molecule has 134 valence electrons. The Morgan fingerprint density at radius 3 is 2.46 bits per heavy atom. The summed E-state index contributed by atoms with van der Waals surface area (Å²) in [6.07, 6.45) is 1.18. The Balaban J connectivity index is 0.00000288. The number of benzene rings is 1. The third-order valence-corrected chi connectivity index (χ3v) is 4.86. The average molecular weight is 396 g/mol. The number of nitrogens with zero attached hydrogens (tertiary/aromatic N) is 1. The number of hydrogen-bond acceptors (Lipinski definition) is 3. The van der Waals surface area contributed by atoms with Gasteiger partial charge >= 0.3 is 5.97 Å². The molecule has 1 amide bonds. The Morgan fingerprint density at radius 2 is 1.92 bits per heavy atom. The fraction of sp³-hybridized carbons (Fsp3) is 0.500. The first-order chi connectivity index (χ1) is 10.9. The van der Waals surface area contributed by atoms with Crippen molar-refractivity contribution in [3.05, 3.63) is 33.8 Å². The van der Waals surface area contributed by atoms with Gasteiger partial charge in [0.2, 0.25) is 5.91 Å². The Hall–Kier alpha value is -1.01. The fourth-order valence-electron chi connectivity index (χ4n) is 2.69. The third-order valence-electron chi connectivity index (χ3n) is 4.13. The molecule has 0 saturated carbocycles. The maximum Gasteiger partial charge on any atom is 0.306 e. The van der Waals surface area contributed by atoms with E-state index in [0.717, 1.165) is 5.56 Å². The molecule has 1 fully saturated rings. The van der Waals surface area contributed by atoms with Gasteiger partial charge in [0.1, 0.15) is 0 Å². The van der Waals surface area contributed by atoms with Crippen molar-refractivity contribution in [1.82, 2.24) is 10.2 Å². The van der Waals surface area contributed by atoms with Gasteiger partial charge in [-0.05, 0) is 50.6 Å². The van der Waals surface area contributed by atoms with Crippen LogP contribution in [0.25, 0.3) is 0 Å². The number of nitrogens with one attached hydrogen (secondary N) is 1. The van der Waals surface area contributed by atoms with Gasteiger partial charge in [0.15, 0.2) is 0 Å². The summed E-state index contributed by atoms with van der Waals surface area (Å²) in [6.45, 7) is 3.42. The van der Waals surface area contributed by atoms with Crippen LogP contribution in [0.15, 0.2) is 18.2 Å². The van der Waals surface area contributed by atoms with E-state index in [-0.39, 0.29) is 36.8 Å². The van der Waals surface area contributed by atoms with Crippen molar-refractivity contribution in [2.24, 2.45) is 5.92 Å². The average Bonchev–Trinajstić information content (AvgIpc) is 2.50. The van der Waals surface area contributed by atoms with Crippen LogP contribution in [0.5, 0.6) is 0 Å². The van der Waals surface area contributed by atoms with Crippen molar-refractivity contribution < 1.29 is 14.7 Å². The molecule has 1 heterocycles. The molecule has 1 unspecified atom stereocenters. The van der Waals surface area contributed by atoms with E-state index in [4.69, 9.17) is 28.3 Å². The van der Waals surface area contributed by atoms with E-state index in [1.807, 2.05) is 17.9 Å². The first kappa shape index (κ1) is 21.0. The highest BCUT2D eigenvalue weighted by Gasteiger charge is 2.25. The highest BCUT2D eigenvalue weighted by molar-refractivity contribution is 6.42. The molecule has 1 aliphatic heterocycles. The molecule has 0 bridgehead atoms. The second-order valence-electron chi connectivity index (χ2n) is 5.85. The number of carboxylic acid groups (broad SMARTS) is 1. The number of amides is 1. The van der Waals surface area contributed by atoms with E-state index in [2.05, 4.69) is 5.32 Å². The van der Waals surface area contributed by atoms with E-state index in [1.165, 1.54) is 0 Å². The highest BCUT2D eigenvalue weighted by Crippen LogP contribution is 2.25. The first-order valence-electron chi connectivity index (χ1n) is 7.56. The summed E-state index contributed by atoms with van der Waals surface area (Å²) < 4.78 is 0. The molecule has 1 aromatic rings. The molecule has 0 spiro atoms. The van der Waals surface area contributed by atoms with Gasteiger partial charge in [-0.15, -0.1) is 12.4 Å². The number of carbonyl (C=O) groups is 2. The van der Waals surface area contributed by atoms with Crippen LogP contribution < -0.4 is 5.32 Å². The summed E-state index contributed by atoms with van der Waals surface area (Å²) in [5.74, 6) is -1.12. The van der Waals surface area contributed by atoms with Gasteiger partial charge in [-0.1, -0.05) is 29.3 Å². The smallest absolute Gasteiger partial charge is 0.306 e. The number of rotatable bonds is 5. The van der Waals surface area contributed by atoms with Crippen molar-refractivity contribution in [2.75, 3.05) is 19.6 Å². The van der Waals surface area contributed by atoms with Gasteiger partial charge in [-0.3, -0.25) is 14.5 Å². The Kier molecular flexibility index (Phi) is 8.30. The molecule has 0 aliphatic carbocycles. The standard InChI is InChI=1S/C16H20Cl2N2O3.ClH/c1-10(12-2-3-13(17)14(18)8-12)19-15(21)9-20-6-4-11(5-7-20)16(22)23;/h2-3,8,10-11H,4-7,9H2,1H3,(H,19,21)(H,22,23);1H. The normalized spacial score (nSPS) is 17.0. The minimum atomic E-state index is -0.748. The SMILES string of the molecule is CC(NC(=O)CN1CCC(C(=O)O)CC1)c1ccc(Cl)c(Cl)c1.Cl. The summed E-state index contributed by atoms with van der Waals surface area (Å²) in [4.78, 5) is 25.0. The molecule has 0 radical (unpaired) electrons. The zero-order valence-corrected chi connectivity index (χ0v) is 15.6. The summed E-state index contributed by atoms with van der Waals surface area (Å²) in [5.41, 5.74) is 0.886. The molecule has 24 heavy (non-hydrogen) atoms. The summed E-state index contributed by atoms with van der Waals surface area (Å²) in [7, 11) is 0. The Morgan fingerprint density at radius 1 is 1.29 bits per heavy atom. The van der Waals surface area contributed by atoms with E-state index in [9.17, 15) is 9.59 Å². The topological polar surface area (TPSA) is 69.6 Å². The monoisotopic (exact) mass is 394 g/mol. The quantitative estimate of drug-likeness (QED) is 0.802. The van der Waals surface area contributed by atoms with Crippen molar-refractivity contribution in [3.63, 3.8) is 0 Å². The van der Waals surface area contributed by atoms with Gasteiger partial charge in [-0.2, -0.15) is 0 Å². The number of carbonyl (C=O) groups excluding carboxylic acids is 1. The minimum Gasteiger partial charge on any atom is -0.481 e. The van der Waals surface area contributed by atoms with Crippen molar-refractivity contribution in [1.29, 1.82) is 0 Å². The highest BCUT2D eigenvalue weighted by atomic mass is 35.5. The summed E-state index contributed by atoms with van der Waals surface area (Å²) in [5, 5.41) is 12.8. The van der Waals surface area contributed by atoms with Crippen molar-refractivity contribution in [2.45, 2.75) is 25.8 Å². The van der Waals surface area contributed by atoms with Crippen LogP contribution in [-0.2, 0) is 9.59 Å². The van der Waals surface area contributed by atoms with Crippen LogP contribution in [-0.4, -0.2) is 41.5 Å². The second-order valence-corrected chi connectivity index (χ2v) is 6.67. The van der Waals surface area contributed by atoms with Gasteiger partial charge in [0.05, 0.1) is 28.5 Å².